The van der Waals surface area contributed by atoms with Crippen LogP contribution in [0.3, 0.4) is 0 Å². The van der Waals surface area contributed by atoms with Crippen LogP contribution in [0.15, 0.2) is 45.7 Å². The molecule has 0 saturated heterocycles. The fourth-order valence-electron chi connectivity index (χ4n) is 1.36. The van der Waals surface area contributed by atoms with Gasteiger partial charge in [-0.05, 0) is 62.8 Å². The van der Waals surface area contributed by atoms with Crippen molar-refractivity contribution in [3.8, 4) is 0 Å². The molecule has 1 aromatic heterocycles. The SMILES string of the molecule is O=C(Nc1cc(I)ccc1Br)c1cccc(=O)[nH]1. The van der Waals surface area contributed by atoms with E-state index in [0.29, 0.717) is 5.69 Å². The third kappa shape index (κ3) is 3.20. The number of nitrogens with one attached hydrogen (secondary N) is 2. The van der Waals surface area contributed by atoms with Gasteiger partial charge in [-0.3, -0.25) is 9.59 Å². The van der Waals surface area contributed by atoms with Crippen molar-refractivity contribution < 1.29 is 4.79 Å². The summed E-state index contributed by atoms with van der Waals surface area (Å²) in [6.45, 7) is 0. The number of aromatic nitrogens is 1. The fraction of sp³-hybridized carbons (Fsp3) is 0. The molecule has 1 heterocycles. The number of amides is 1. The first-order valence-corrected chi connectivity index (χ1v) is 6.89. The highest BCUT2D eigenvalue weighted by atomic mass is 127. The molecule has 18 heavy (non-hydrogen) atoms. The van der Waals surface area contributed by atoms with Gasteiger partial charge in [0.15, 0.2) is 0 Å². The quantitative estimate of drug-likeness (QED) is 0.736. The number of benzene rings is 1. The Morgan fingerprint density at radius 3 is 2.78 bits per heavy atom. The van der Waals surface area contributed by atoms with Gasteiger partial charge in [0.25, 0.3) is 5.91 Å². The van der Waals surface area contributed by atoms with Crippen molar-refractivity contribution in [3.05, 3.63) is 60.5 Å². The molecule has 1 amide bonds. The molecule has 6 heteroatoms. The lowest BCUT2D eigenvalue weighted by Gasteiger charge is -2.07. The van der Waals surface area contributed by atoms with E-state index in [0.717, 1.165) is 8.04 Å². The molecule has 0 spiro atoms. The molecular weight excluding hydrogens is 411 g/mol. The lowest BCUT2D eigenvalue weighted by Crippen LogP contribution is -2.18. The highest BCUT2D eigenvalue weighted by molar-refractivity contribution is 14.1. The van der Waals surface area contributed by atoms with E-state index >= 15 is 0 Å². The van der Waals surface area contributed by atoms with Gasteiger partial charge in [0.1, 0.15) is 5.69 Å². The Hall–Kier alpha value is -1.15. The van der Waals surface area contributed by atoms with Gasteiger partial charge < -0.3 is 10.3 Å². The largest absolute Gasteiger partial charge is 0.320 e. The molecule has 1 aromatic carbocycles. The van der Waals surface area contributed by atoms with Crippen molar-refractivity contribution in [2.75, 3.05) is 5.32 Å². The van der Waals surface area contributed by atoms with E-state index in [4.69, 9.17) is 0 Å². The monoisotopic (exact) mass is 418 g/mol. The maximum atomic E-state index is 11.9. The summed E-state index contributed by atoms with van der Waals surface area (Å²) in [4.78, 5) is 25.5. The number of carbonyl (C=O) groups excluding carboxylic acids is 1. The van der Waals surface area contributed by atoms with Crippen molar-refractivity contribution in [1.29, 1.82) is 0 Å². The number of H-pyrrole nitrogens is 1. The van der Waals surface area contributed by atoms with E-state index in [9.17, 15) is 9.59 Å². The van der Waals surface area contributed by atoms with Gasteiger partial charge in [0, 0.05) is 14.1 Å². The molecule has 0 fully saturated rings. The van der Waals surface area contributed by atoms with E-state index < -0.39 is 0 Å². The minimum Gasteiger partial charge on any atom is -0.320 e. The van der Waals surface area contributed by atoms with Crippen molar-refractivity contribution in [2.45, 2.75) is 0 Å². The van der Waals surface area contributed by atoms with Crippen LogP contribution in [0.5, 0.6) is 0 Å². The Bertz CT molecular complexity index is 655. The molecule has 0 aliphatic heterocycles. The second-order valence-corrected chi connectivity index (χ2v) is 5.61. The van der Waals surface area contributed by atoms with Gasteiger partial charge in [-0.2, -0.15) is 0 Å². The topological polar surface area (TPSA) is 62.0 Å². The maximum absolute atomic E-state index is 11.9. The van der Waals surface area contributed by atoms with Gasteiger partial charge in [-0.1, -0.05) is 6.07 Å². The number of pyridine rings is 1. The summed E-state index contributed by atoms with van der Waals surface area (Å²) in [7, 11) is 0. The zero-order valence-electron chi connectivity index (χ0n) is 9.04. The predicted octanol–water partition coefficient (Wildman–Crippen LogP) is 2.99. The minimum atomic E-state index is -0.351. The van der Waals surface area contributed by atoms with E-state index in [1.807, 2.05) is 18.2 Å². The number of rotatable bonds is 2. The summed E-state index contributed by atoms with van der Waals surface area (Å²) in [6, 6.07) is 10.1. The molecule has 0 saturated carbocycles. The number of anilines is 1. The van der Waals surface area contributed by atoms with Gasteiger partial charge in [-0.25, -0.2) is 0 Å². The molecule has 0 aliphatic rings. The third-order valence-electron chi connectivity index (χ3n) is 2.19. The first-order chi connectivity index (χ1) is 8.56. The van der Waals surface area contributed by atoms with Crippen LogP contribution in [0.4, 0.5) is 5.69 Å². The van der Waals surface area contributed by atoms with E-state index in [1.165, 1.54) is 12.1 Å². The molecule has 0 aliphatic carbocycles. The summed E-state index contributed by atoms with van der Waals surface area (Å²) in [5, 5.41) is 2.73. The number of aromatic amines is 1. The van der Waals surface area contributed by atoms with E-state index in [2.05, 4.69) is 48.8 Å². The zero-order chi connectivity index (χ0) is 13.1. The van der Waals surface area contributed by atoms with Gasteiger partial charge in [0.05, 0.1) is 5.69 Å². The molecule has 2 rings (SSSR count). The highest BCUT2D eigenvalue weighted by Crippen LogP contribution is 2.24. The van der Waals surface area contributed by atoms with Crippen molar-refractivity contribution in [3.63, 3.8) is 0 Å². The molecule has 0 radical (unpaired) electrons. The Kier molecular flexibility index (Phi) is 4.18. The van der Waals surface area contributed by atoms with Crippen LogP contribution < -0.4 is 10.9 Å². The van der Waals surface area contributed by atoms with Crippen molar-refractivity contribution in [2.24, 2.45) is 0 Å². The standard InChI is InChI=1S/C12H8BrIN2O2/c13-8-5-4-7(14)6-10(8)16-12(18)9-2-1-3-11(17)15-9/h1-6H,(H,15,17)(H,16,18). The molecular formula is C12H8BrIN2O2. The lowest BCUT2D eigenvalue weighted by atomic mass is 10.3. The Morgan fingerprint density at radius 2 is 2.06 bits per heavy atom. The summed E-state index contributed by atoms with van der Waals surface area (Å²) in [6.07, 6.45) is 0. The molecule has 0 atom stereocenters. The summed E-state index contributed by atoms with van der Waals surface area (Å²) >= 11 is 5.51. The number of halogens is 2. The average Bonchev–Trinajstić information content (AvgIpc) is 2.34. The summed E-state index contributed by atoms with van der Waals surface area (Å²) < 4.78 is 1.79. The average molecular weight is 419 g/mol. The maximum Gasteiger partial charge on any atom is 0.272 e. The van der Waals surface area contributed by atoms with Gasteiger partial charge in [0.2, 0.25) is 5.56 Å². The minimum absolute atomic E-state index is 0.230. The Morgan fingerprint density at radius 1 is 1.28 bits per heavy atom. The Labute approximate surface area is 125 Å². The zero-order valence-corrected chi connectivity index (χ0v) is 12.8. The summed E-state index contributed by atoms with van der Waals surface area (Å²) in [5.74, 6) is -0.351. The molecule has 4 nitrogen and oxygen atoms in total. The van der Waals surface area contributed by atoms with Gasteiger partial charge >= 0.3 is 0 Å². The fourth-order valence-corrected chi connectivity index (χ4v) is 2.20. The lowest BCUT2D eigenvalue weighted by molar-refractivity contribution is 0.102. The van der Waals surface area contributed by atoms with E-state index in [1.54, 1.807) is 6.07 Å². The number of hydrogen-bond acceptors (Lipinski definition) is 2. The molecule has 2 aromatic rings. The molecule has 2 N–H and O–H groups in total. The van der Waals surface area contributed by atoms with Gasteiger partial charge in [-0.15, -0.1) is 0 Å². The predicted molar refractivity (Wildman–Crippen MR) is 81.9 cm³/mol. The van der Waals surface area contributed by atoms with Crippen LogP contribution in [0, 0.1) is 3.57 Å². The van der Waals surface area contributed by atoms with Crippen LogP contribution in [0.1, 0.15) is 10.5 Å². The first-order valence-electron chi connectivity index (χ1n) is 5.02. The highest BCUT2D eigenvalue weighted by Gasteiger charge is 2.09. The first kappa shape index (κ1) is 13.3. The van der Waals surface area contributed by atoms with Crippen molar-refractivity contribution >= 4 is 50.1 Å². The van der Waals surface area contributed by atoms with Crippen LogP contribution >= 0.6 is 38.5 Å². The Balaban J connectivity index is 2.26. The van der Waals surface area contributed by atoms with Crippen molar-refractivity contribution in [1.82, 2.24) is 4.98 Å². The molecule has 0 unspecified atom stereocenters. The third-order valence-corrected chi connectivity index (χ3v) is 3.55. The van der Waals surface area contributed by atoms with E-state index in [-0.39, 0.29) is 17.2 Å². The summed E-state index contributed by atoms with van der Waals surface area (Å²) in [5.41, 5.74) is 0.592. The normalized spacial score (nSPS) is 10.1. The smallest absolute Gasteiger partial charge is 0.272 e. The number of hydrogen-bond donors (Lipinski definition) is 2. The van der Waals surface area contributed by atoms with Crippen LogP contribution in [-0.2, 0) is 0 Å². The van der Waals surface area contributed by atoms with Crippen LogP contribution in [0.25, 0.3) is 0 Å². The second-order valence-electron chi connectivity index (χ2n) is 3.51. The van der Waals surface area contributed by atoms with Crippen LogP contribution in [0.2, 0.25) is 0 Å². The number of carbonyl (C=O) groups is 1. The molecule has 92 valence electrons. The molecule has 0 bridgehead atoms. The second kappa shape index (κ2) is 5.66. The van der Waals surface area contributed by atoms with Crippen LogP contribution in [-0.4, -0.2) is 10.9 Å².